The van der Waals surface area contributed by atoms with Crippen LogP contribution in [0.25, 0.3) is 0 Å². The van der Waals surface area contributed by atoms with Crippen molar-refractivity contribution in [2.45, 2.75) is 50.7 Å². The molecule has 22 heavy (non-hydrogen) atoms. The van der Waals surface area contributed by atoms with Gasteiger partial charge in [-0.3, -0.25) is 9.63 Å². The first kappa shape index (κ1) is 16.2. The molecule has 0 radical (unpaired) electrons. The molecule has 1 amide bonds. The number of hydrogen-bond donors (Lipinski definition) is 1. The van der Waals surface area contributed by atoms with E-state index >= 15 is 0 Å². The maximum Gasteiger partial charge on any atom is 0.221 e. The molecule has 2 atom stereocenters. The second-order valence-electron chi connectivity index (χ2n) is 6.57. The van der Waals surface area contributed by atoms with E-state index < -0.39 is 0 Å². The first-order valence-electron chi connectivity index (χ1n) is 8.68. The SMILES string of the molecule is O=C(CCN1CCCO1)N[C@@H]1COCC[C@@H]1OCC1CCC1. The minimum Gasteiger partial charge on any atom is -0.379 e. The van der Waals surface area contributed by atoms with Crippen LogP contribution in [0.2, 0.25) is 0 Å². The van der Waals surface area contributed by atoms with E-state index in [1.54, 1.807) is 0 Å². The van der Waals surface area contributed by atoms with Crippen molar-refractivity contribution >= 4 is 5.91 Å². The summed E-state index contributed by atoms with van der Waals surface area (Å²) in [5, 5.41) is 4.96. The van der Waals surface area contributed by atoms with Crippen molar-refractivity contribution in [3.8, 4) is 0 Å². The molecule has 6 heteroatoms. The maximum atomic E-state index is 12.1. The lowest BCUT2D eigenvalue weighted by molar-refractivity contribution is -0.134. The Balaban J connectivity index is 1.38. The van der Waals surface area contributed by atoms with Crippen LogP contribution >= 0.6 is 0 Å². The van der Waals surface area contributed by atoms with Crippen LogP contribution in [0.4, 0.5) is 0 Å². The summed E-state index contributed by atoms with van der Waals surface area (Å²) < 4.78 is 11.6. The van der Waals surface area contributed by atoms with Crippen molar-refractivity contribution in [2.24, 2.45) is 5.92 Å². The smallest absolute Gasteiger partial charge is 0.221 e. The lowest BCUT2D eigenvalue weighted by atomic mass is 9.86. The minimum absolute atomic E-state index is 0.0131. The van der Waals surface area contributed by atoms with E-state index in [0.29, 0.717) is 19.6 Å². The van der Waals surface area contributed by atoms with Crippen molar-refractivity contribution in [3.63, 3.8) is 0 Å². The Labute approximate surface area is 132 Å². The summed E-state index contributed by atoms with van der Waals surface area (Å²) in [6, 6.07) is -0.0131. The molecule has 3 aliphatic rings. The van der Waals surface area contributed by atoms with Crippen LogP contribution in [0.15, 0.2) is 0 Å². The molecule has 3 fully saturated rings. The molecule has 126 valence electrons. The highest BCUT2D eigenvalue weighted by molar-refractivity contribution is 5.76. The first-order valence-corrected chi connectivity index (χ1v) is 8.68. The number of hydroxylamine groups is 2. The van der Waals surface area contributed by atoms with Gasteiger partial charge in [0.15, 0.2) is 0 Å². The van der Waals surface area contributed by atoms with Crippen molar-refractivity contribution in [1.29, 1.82) is 0 Å². The van der Waals surface area contributed by atoms with Crippen LogP contribution in [0, 0.1) is 5.92 Å². The molecule has 0 aromatic rings. The van der Waals surface area contributed by atoms with Crippen LogP contribution in [0.1, 0.15) is 38.5 Å². The topological polar surface area (TPSA) is 60.0 Å². The van der Waals surface area contributed by atoms with Gasteiger partial charge in [0.2, 0.25) is 5.91 Å². The average Bonchev–Trinajstić information content (AvgIpc) is 2.98. The van der Waals surface area contributed by atoms with E-state index in [1.165, 1.54) is 19.3 Å². The van der Waals surface area contributed by atoms with E-state index in [4.69, 9.17) is 14.3 Å². The molecule has 3 rings (SSSR count). The summed E-state index contributed by atoms with van der Waals surface area (Å²) in [5.74, 6) is 0.787. The fourth-order valence-electron chi connectivity index (χ4n) is 3.15. The van der Waals surface area contributed by atoms with Gasteiger partial charge in [0.1, 0.15) is 0 Å². The Morgan fingerprint density at radius 2 is 2.14 bits per heavy atom. The van der Waals surface area contributed by atoms with Crippen LogP contribution in [-0.2, 0) is 19.1 Å². The van der Waals surface area contributed by atoms with E-state index in [1.807, 2.05) is 5.06 Å². The molecular weight excluding hydrogens is 284 g/mol. The van der Waals surface area contributed by atoms with Gasteiger partial charge in [0, 0.05) is 32.7 Å². The Hall–Kier alpha value is -0.690. The molecule has 2 aliphatic heterocycles. The fraction of sp³-hybridized carbons (Fsp3) is 0.938. The van der Waals surface area contributed by atoms with Gasteiger partial charge in [-0.15, -0.1) is 0 Å². The molecule has 1 saturated carbocycles. The van der Waals surface area contributed by atoms with Crippen molar-refractivity contribution < 1.29 is 19.1 Å². The predicted octanol–water partition coefficient (Wildman–Crippen LogP) is 1.10. The van der Waals surface area contributed by atoms with Crippen LogP contribution in [-0.4, -0.2) is 62.6 Å². The number of amides is 1. The van der Waals surface area contributed by atoms with E-state index in [-0.39, 0.29) is 18.1 Å². The zero-order valence-electron chi connectivity index (χ0n) is 13.3. The summed E-state index contributed by atoms with van der Waals surface area (Å²) in [6.07, 6.45) is 6.39. The largest absolute Gasteiger partial charge is 0.379 e. The average molecular weight is 312 g/mol. The normalized spacial score (nSPS) is 30.2. The Morgan fingerprint density at radius 3 is 2.86 bits per heavy atom. The third-order valence-corrected chi connectivity index (χ3v) is 4.82. The standard InChI is InChI=1S/C16H28N2O4/c19-16(5-8-18-7-2-9-22-18)17-14-12-20-10-6-15(14)21-11-13-3-1-4-13/h13-15H,1-12H2,(H,17,19)/t14-,15+/m1/s1. The summed E-state index contributed by atoms with van der Waals surface area (Å²) >= 11 is 0. The van der Waals surface area contributed by atoms with Crippen LogP contribution < -0.4 is 5.32 Å². The summed E-state index contributed by atoms with van der Waals surface area (Å²) in [6.45, 7) is 4.47. The third kappa shape index (κ3) is 4.65. The lowest BCUT2D eigenvalue weighted by Crippen LogP contribution is -2.51. The predicted molar refractivity (Wildman–Crippen MR) is 81.2 cm³/mol. The zero-order valence-corrected chi connectivity index (χ0v) is 13.3. The monoisotopic (exact) mass is 312 g/mol. The molecule has 0 bridgehead atoms. The molecule has 0 aromatic carbocycles. The second kappa shape index (κ2) is 8.24. The molecule has 0 unspecified atom stereocenters. The van der Waals surface area contributed by atoms with Crippen molar-refractivity contribution in [1.82, 2.24) is 10.4 Å². The fourth-order valence-corrected chi connectivity index (χ4v) is 3.15. The van der Waals surface area contributed by atoms with Gasteiger partial charge >= 0.3 is 0 Å². The van der Waals surface area contributed by atoms with Gasteiger partial charge in [0.05, 0.1) is 25.4 Å². The number of carbonyl (C=O) groups excluding carboxylic acids is 1. The zero-order chi connectivity index (χ0) is 15.2. The van der Waals surface area contributed by atoms with Crippen LogP contribution in [0.5, 0.6) is 0 Å². The van der Waals surface area contributed by atoms with E-state index in [2.05, 4.69) is 5.32 Å². The van der Waals surface area contributed by atoms with Gasteiger partial charge in [-0.2, -0.15) is 5.06 Å². The van der Waals surface area contributed by atoms with Crippen molar-refractivity contribution in [3.05, 3.63) is 0 Å². The summed E-state index contributed by atoms with van der Waals surface area (Å²) in [7, 11) is 0. The first-order chi connectivity index (χ1) is 10.8. The summed E-state index contributed by atoms with van der Waals surface area (Å²) in [5.41, 5.74) is 0. The number of hydrogen-bond acceptors (Lipinski definition) is 5. The molecule has 2 saturated heterocycles. The molecule has 2 heterocycles. The Kier molecular flexibility index (Phi) is 6.06. The van der Waals surface area contributed by atoms with Crippen molar-refractivity contribution in [2.75, 3.05) is 39.5 Å². The highest BCUT2D eigenvalue weighted by Crippen LogP contribution is 2.27. The number of nitrogens with one attached hydrogen (secondary N) is 1. The number of ether oxygens (including phenoxy) is 2. The van der Waals surface area contributed by atoms with E-state index in [9.17, 15) is 4.79 Å². The minimum atomic E-state index is -0.0131. The second-order valence-corrected chi connectivity index (χ2v) is 6.57. The molecule has 6 nitrogen and oxygen atoms in total. The van der Waals surface area contributed by atoms with Gasteiger partial charge in [-0.25, -0.2) is 0 Å². The lowest BCUT2D eigenvalue weighted by Gasteiger charge is -2.34. The number of nitrogens with zero attached hydrogens (tertiary/aromatic N) is 1. The van der Waals surface area contributed by atoms with Gasteiger partial charge < -0.3 is 14.8 Å². The molecular formula is C16H28N2O4. The Morgan fingerprint density at radius 1 is 1.23 bits per heavy atom. The van der Waals surface area contributed by atoms with Crippen LogP contribution in [0.3, 0.4) is 0 Å². The molecule has 0 spiro atoms. The molecule has 0 aromatic heterocycles. The van der Waals surface area contributed by atoms with Gasteiger partial charge in [-0.05, 0) is 31.6 Å². The summed E-state index contributed by atoms with van der Waals surface area (Å²) in [4.78, 5) is 17.5. The van der Waals surface area contributed by atoms with Gasteiger partial charge in [0.25, 0.3) is 0 Å². The van der Waals surface area contributed by atoms with E-state index in [0.717, 1.165) is 45.1 Å². The maximum absolute atomic E-state index is 12.1. The number of rotatable bonds is 7. The molecule has 1 N–H and O–H groups in total. The Bertz CT molecular complexity index is 356. The number of carbonyl (C=O) groups is 1. The molecule has 1 aliphatic carbocycles. The third-order valence-electron chi connectivity index (χ3n) is 4.82. The highest BCUT2D eigenvalue weighted by atomic mass is 16.7. The highest BCUT2D eigenvalue weighted by Gasteiger charge is 2.29. The quantitative estimate of drug-likeness (QED) is 0.763. The van der Waals surface area contributed by atoms with Gasteiger partial charge in [-0.1, -0.05) is 6.42 Å².